The molecule has 0 spiro atoms. The second kappa shape index (κ2) is 7.17. The van der Waals surface area contributed by atoms with Gasteiger partial charge in [0.1, 0.15) is 12.4 Å². The molecule has 1 aromatic rings. The zero-order valence-electron chi connectivity index (χ0n) is 11.2. The number of anilines is 1. The summed E-state index contributed by atoms with van der Waals surface area (Å²) in [4.78, 5) is 2.35. The summed E-state index contributed by atoms with van der Waals surface area (Å²) in [6, 6.07) is 5.86. The average molecular weight is 236 g/mol. The Kier molecular flexibility index (Phi) is 5.84. The van der Waals surface area contributed by atoms with Gasteiger partial charge in [0, 0.05) is 12.2 Å². The fraction of sp³-hybridized carbons (Fsp3) is 0.571. The molecule has 0 aliphatic heterocycles. The van der Waals surface area contributed by atoms with E-state index in [-0.39, 0.29) is 0 Å². The highest BCUT2D eigenvalue weighted by molar-refractivity contribution is 5.47. The minimum Gasteiger partial charge on any atom is -0.492 e. The van der Waals surface area contributed by atoms with E-state index < -0.39 is 0 Å². The van der Waals surface area contributed by atoms with Crippen LogP contribution in [0.25, 0.3) is 0 Å². The van der Waals surface area contributed by atoms with Crippen molar-refractivity contribution in [2.24, 2.45) is 0 Å². The molecule has 0 heterocycles. The molecule has 0 aliphatic rings. The lowest BCUT2D eigenvalue weighted by Crippen LogP contribution is -2.28. The van der Waals surface area contributed by atoms with E-state index >= 15 is 0 Å². The molecule has 1 rings (SSSR count). The van der Waals surface area contributed by atoms with Gasteiger partial charge in [-0.2, -0.15) is 0 Å². The largest absolute Gasteiger partial charge is 0.492 e. The summed E-state index contributed by atoms with van der Waals surface area (Å²) in [6.45, 7) is 10.3. The van der Waals surface area contributed by atoms with Crippen LogP contribution in [0.15, 0.2) is 18.2 Å². The Bertz CT molecular complexity index is 335. The van der Waals surface area contributed by atoms with Crippen LogP contribution < -0.4 is 10.5 Å². The third-order valence-electron chi connectivity index (χ3n) is 3.02. The van der Waals surface area contributed by atoms with Crippen molar-refractivity contribution in [3.8, 4) is 5.75 Å². The molecule has 0 unspecified atom stereocenters. The van der Waals surface area contributed by atoms with Crippen LogP contribution in [0.2, 0.25) is 0 Å². The minimum absolute atomic E-state index is 0.735. The maximum atomic E-state index is 5.82. The summed E-state index contributed by atoms with van der Waals surface area (Å²) in [7, 11) is 0. The number of ether oxygens (including phenoxy) is 1. The van der Waals surface area contributed by atoms with Gasteiger partial charge in [0.25, 0.3) is 0 Å². The quantitative estimate of drug-likeness (QED) is 0.739. The Hall–Kier alpha value is -1.22. The van der Waals surface area contributed by atoms with Crippen LogP contribution >= 0.6 is 0 Å². The first-order valence-corrected chi connectivity index (χ1v) is 6.44. The predicted octanol–water partition coefficient (Wildman–Crippen LogP) is 2.55. The van der Waals surface area contributed by atoms with Gasteiger partial charge >= 0.3 is 0 Å². The van der Waals surface area contributed by atoms with Crippen LogP contribution in [0.5, 0.6) is 5.75 Å². The predicted molar refractivity (Wildman–Crippen MR) is 73.5 cm³/mol. The summed E-state index contributed by atoms with van der Waals surface area (Å²) >= 11 is 0. The highest BCUT2D eigenvalue weighted by atomic mass is 16.5. The first kappa shape index (κ1) is 13.8. The van der Waals surface area contributed by atoms with E-state index in [9.17, 15) is 0 Å². The molecule has 0 bridgehead atoms. The molecular formula is C14H24N2O. The van der Waals surface area contributed by atoms with Crippen molar-refractivity contribution in [3.63, 3.8) is 0 Å². The highest BCUT2D eigenvalue weighted by Gasteiger charge is 2.04. The van der Waals surface area contributed by atoms with Crippen LogP contribution in [0.3, 0.4) is 0 Å². The highest BCUT2D eigenvalue weighted by Crippen LogP contribution is 2.21. The standard InChI is InChI=1S/C14H24N2O/c1-4-12-11-13(15)7-8-14(12)17-10-9-16(5-2)6-3/h7-8,11H,4-6,9-10,15H2,1-3H3. The first-order valence-electron chi connectivity index (χ1n) is 6.44. The second-order valence-electron chi connectivity index (χ2n) is 4.10. The third kappa shape index (κ3) is 4.27. The Balaban J connectivity index is 2.51. The molecule has 0 saturated heterocycles. The number of likely N-dealkylation sites (N-methyl/N-ethyl adjacent to an activating group) is 1. The molecule has 96 valence electrons. The molecule has 0 fully saturated rings. The number of benzene rings is 1. The van der Waals surface area contributed by atoms with E-state index in [4.69, 9.17) is 10.5 Å². The third-order valence-corrected chi connectivity index (χ3v) is 3.02. The number of nitrogens with zero attached hydrogens (tertiary/aromatic N) is 1. The van der Waals surface area contributed by atoms with Gasteiger partial charge in [-0.1, -0.05) is 20.8 Å². The van der Waals surface area contributed by atoms with Gasteiger partial charge in [0.15, 0.2) is 0 Å². The molecular weight excluding hydrogens is 212 g/mol. The monoisotopic (exact) mass is 236 g/mol. The van der Waals surface area contributed by atoms with Gasteiger partial charge in [0.2, 0.25) is 0 Å². The van der Waals surface area contributed by atoms with Crippen LogP contribution in [0.4, 0.5) is 5.69 Å². The van der Waals surface area contributed by atoms with Gasteiger partial charge < -0.3 is 15.4 Å². The lowest BCUT2D eigenvalue weighted by Gasteiger charge is -2.19. The molecule has 0 radical (unpaired) electrons. The van der Waals surface area contributed by atoms with E-state index in [0.717, 1.165) is 44.1 Å². The van der Waals surface area contributed by atoms with Crippen molar-refractivity contribution in [2.45, 2.75) is 27.2 Å². The van der Waals surface area contributed by atoms with Gasteiger partial charge in [0.05, 0.1) is 0 Å². The SMILES string of the molecule is CCc1cc(N)ccc1OCCN(CC)CC. The molecule has 3 nitrogen and oxygen atoms in total. The number of hydrogen-bond acceptors (Lipinski definition) is 3. The molecule has 3 heteroatoms. The van der Waals surface area contributed by atoms with Crippen molar-refractivity contribution in [1.29, 1.82) is 0 Å². The zero-order chi connectivity index (χ0) is 12.7. The summed E-state index contributed by atoms with van der Waals surface area (Å²) in [5.74, 6) is 0.967. The molecule has 0 aliphatic carbocycles. The number of aryl methyl sites for hydroxylation is 1. The summed E-state index contributed by atoms with van der Waals surface area (Å²) in [5.41, 5.74) is 7.75. The Morgan fingerprint density at radius 3 is 2.47 bits per heavy atom. The minimum atomic E-state index is 0.735. The van der Waals surface area contributed by atoms with Crippen molar-refractivity contribution in [2.75, 3.05) is 32.0 Å². The fourth-order valence-corrected chi connectivity index (χ4v) is 1.84. The molecule has 0 amide bonds. The summed E-state index contributed by atoms with van der Waals surface area (Å²) < 4.78 is 5.82. The normalized spacial score (nSPS) is 10.8. The Morgan fingerprint density at radius 2 is 1.88 bits per heavy atom. The lowest BCUT2D eigenvalue weighted by molar-refractivity contribution is 0.222. The van der Waals surface area contributed by atoms with E-state index in [1.54, 1.807) is 0 Å². The van der Waals surface area contributed by atoms with Crippen LogP contribution in [0, 0.1) is 0 Å². The average Bonchev–Trinajstić information content (AvgIpc) is 2.36. The van der Waals surface area contributed by atoms with Gasteiger partial charge in [-0.3, -0.25) is 0 Å². The van der Waals surface area contributed by atoms with E-state index in [2.05, 4.69) is 25.7 Å². The first-order chi connectivity index (χ1) is 8.21. The fourth-order valence-electron chi connectivity index (χ4n) is 1.84. The van der Waals surface area contributed by atoms with Gasteiger partial charge in [-0.25, -0.2) is 0 Å². The summed E-state index contributed by atoms with van der Waals surface area (Å²) in [6.07, 6.45) is 0.950. The second-order valence-corrected chi connectivity index (χ2v) is 4.10. The van der Waals surface area contributed by atoms with Gasteiger partial charge in [-0.15, -0.1) is 0 Å². The molecule has 0 aromatic heterocycles. The Morgan fingerprint density at radius 1 is 1.18 bits per heavy atom. The number of rotatable bonds is 7. The van der Waals surface area contributed by atoms with E-state index in [0.29, 0.717) is 0 Å². The zero-order valence-corrected chi connectivity index (χ0v) is 11.2. The maximum absolute atomic E-state index is 5.82. The van der Waals surface area contributed by atoms with Crippen LogP contribution in [-0.4, -0.2) is 31.1 Å². The number of nitrogens with two attached hydrogens (primary N) is 1. The van der Waals surface area contributed by atoms with Crippen molar-refractivity contribution in [3.05, 3.63) is 23.8 Å². The summed E-state index contributed by atoms with van der Waals surface area (Å²) in [5, 5.41) is 0. The van der Waals surface area contributed by atoms with Crippen molar-refractivity contribution < 1.29 is 4.74 Å². The lowest BCUT2D eigenvalue weighted by atomic mass is 10.1. The van der Waals surface area contributed by atoms with Crippen LogP contribution in [0.1, 0.15) is 26.3 Å². The topological polar surface area (TPSA) is 38.5 Å². The molecule has 0 atom stereocenters. The number of hydrogen-bond donors (Lipinski definition) is 1. The van der Waals surface area contributed by atoms with E-state index in [1.165, 1.54) is 5.56 Å². The maximum Gasteiger partial charge on any atom is 0.122 e. The molecule has 2 N–H and O–H groups in total. The van der Waals surface area contributed by atoms with Gasteiger partial charge in [-0.05, 0) is 43.3 Å². The molecule has 17 heavy (non-hydrogen) atoms. The smallest absolute Gasteiger partial charge is 0.122 e. The van der Waals surface area contributed by atoms with Crippen molar-refractivity contribution >= 4 is 5.69 Å². The number of nitrogen functional groups attached to an aromatic ring is 1. The van der Waals surface area contributed by atoms with Crippen LogP contribution in [-0.2, 0) is 6.42 Å². The van der Waals surface area contributed by atoms with E-state index in [1.807, 2.05) is 18.2 Å². The molecule has 0 saturated carbocycles. The van der Waals surface area contributed by atoms with Crippen molar-refractivity contribution in [1.82, 2.24) is 4.90 Å². The molecule has 1 aromatic carbocycles. The Labute approximate surface area is 105 Å².